The van der Waals surface area contributed by atoms with Crippen LogP contribution in [-0.2, 0) is 19.1 Å². The van der Waals surface area contributed by atoms with Gasteiger partial charge in [-0.2, -0.15) is 0 Å². The monoisotopic (exact) mass is 428 g/mol. The average Bonchev–Trinajstić information content (AvgIpc) is 3.20. The smallest absolute Gasteiger partial charge is 0.193 e. The van der Waals surface area contributed by atoms with E-state index in [1.165, 1.54) is 0 Å². The highest BCUT2D eigenvalue weighted by molar-refractivity contribution is 6.01. The first-order valence-corrected chi connectivity index (χ1v) is 11.5. The SMILES string of the molecule is CCCC1OC2C=C3C4CCC5=CC(=O)C=CC5(C)C4C(O)CC3(C)C2(C(=O)CO)O1. The van der Waals surface area contributed by atoms with Crippen LogP contribution in [0.15, 0.2) is 35.5 Å². The largest absolute Gasteiger partial charge is 0.393 e. The molecule has 0 spiro atoms. The molecule has 5 aliphatic rings. The van der Waals surface area contributed by atoms with E-state index in [0.29, 0.717) is 12.8 Å². The lowest BCUT2D eigenvalue weighted by molar-refractivity contribution is -0.175. The van der Waals surface area contributed by atoms with Crippen LogP contribution >= 0.6 is 0 Å². The normalized spacial score (nSPS) is 47.8. The van der Waals surface area contributed by atoms with Crippen LogP contribution in [0.4, 0.5) is 0 Å². The van der Waals surface area contributed by atoms with Crippen LogP contribution < -0.4 is 0 Å². The van der Waals surface area contributed by atoms with Crippen LogP contribution in [0.2, 0.25) is 0 Å². The zero-order valence-corrected chi connectivity index (χ0v) is 18.5. The van der Waals surface area contributed by atoms with Gasteiger partial charge in [-0.25, -0.2) is 0 Å². The van der Waals surface area contributed by atoms with E-state index in [1.807, 2.05) is 19.9 Å². The highest BCUT2D eigenvalue weighted by Crippen LogP contribution is 2.67. The van der Waals surface area contributed by atoms with Crippen LogP contribution in [0.5, 0.6) is 0 Å². The van der Waals surface area contributed by atoms with Crippen molar-refractivity contribution in [1.29, 1.82) is 0 Å². The third-order valence-corrected chi connectivity index (χ3v) is 8.77. The minimum Gasteiger partial charge on any atom is -0.393 e. The summed E-state index contributed by atoms with van der Waals surface area (Å²) in [6.07, 6.45) is 9.13. The Balaban J connectivity index is 1.59. The Morgan fingerprint density at radius 3 is 2.81 bits per heavy atom. The predicted molar refractivity (Wildman–Crippen MR) is 113 cm³/mol. The first kappa shape index (κ1) is 21.3. The number of fused-ring (bicyclic) bond motifs is 7. The third-order valence-electron chi connectivity index (χ3n) is 8.77. The number of rotatable bonds is 4. The van der Waals surface area contributed by atoms with Crippen molar-refractivity contribution in [3.63, 3.8) is 0 Å². The molecule has 168 valence electrons. The first-order chi connectivity index (χ1) is 14.7. The Kier molecular flexibility index (Phi) is 4.76. The van der Waals surface area contributed by atoms with Crippen LogP contribution in [0.25, 0.3) is 0 Å². The highest BCUT2D eigenvalue weighted by atomic mass is 16.7. The van der Waals surface area contributed by atoms with Crippen LogP contribution in [0, 0.1) is 22.7 Å². The quantitative estimate of drug-likeness (QED) is 0.669. The minimum absolute atomic E-state index is 0.00642. The molecule has 1 saturated heterocycles. The number of aliphatic hydroxyl groups is 2. The van der Waals surface area contributed by atoms with E-state index in [1.54, 1.807) is 12.2 Å². The summed E-state index contributed by atoms with van der Waals surface area (Å²) < 4.78 is 12.5. The second kappa shape index (κ2) is 6.95. The number of hydrogen-bond acceptors (Lipinski definition) is 6. The minimum atomic E-state index is -1.29. The molecule has 0 aromatic carbocycles. The fourth-order valence-electron chi connectivity index (χ4n) is 7.41. The number of carbonyl (C=O) groups is 2. The van der Waals surface area contributed by atoms with Gasteiger partial charge in [-0.3, -0.25) is 9.59 Å². The molecule has 4 aliphatic carbocycles. The van der Waals surface area contributed by atoms with E-state index in [4.69, 9.17) is 9.47 Å². The zero-order valence-electron chi connectivity index (χ0n) is 18.5. The van der Waals surface area contributed by atoms with Crippen molar-refractivity contribution in [3.05, 3.63) is 35.5 Å². The Morgan fingerprint density at radius 1 is 1.32 bits per heavy atom. The fraction of sp³-hybridized carbons (Fsp3) is 0.680. The van der Waals surface area contributed by atoms with Crippen molar-refractivity contribution in [1.82, 2.24) is 0 Å². The summed E-state index contributed by atoms with van der Waals surface area (Å²) in [4.78, 5) is 25.2. The maximum Gasteiger partial charge on any atom is 0.193 e. The van der Waals surface area contributed by atoms with Gasteiger partial charge in [0, 0.05) is 16.7 Å². The molecule has 2 N–H and O–H groups in total. The maximum absolute atomic E-state index is 13.2. The summed E-state index contributed by atoms with van der Waals surface area (Å²) in [6.45, 7) is 5.53. The number of allylic oxidation sites excluding steroid dienone is 4. The van der Waals surface area contributed by atoms with Crippen molar-refractivity contribution >= 4 is 11.6 Å². The van der Waals surface area contributed by atoms with E-state index >= 15 is 0 Å². The fourth-order valence-corrected chi connectivity index (χ4v) is 7.41. The Morgan fingerprint density at radius 2 is 2.10 bits per heavy atom. The molecule has 0 aromatic heterocycles. The number of aliphatic hydroxyl groups excluding tert-OH is 2. The molecule has 5 rings (SSSR count). The second-order valence-corrected chi connectivity index (χ2v) is 10.3. The van der Waals surface area contributed by atoms with Gasteiger partial charge in [-0.1, -0.05) is 50.5 Å². The lowest BCUT2D eigenvalue weighted by Crippen LogP contribution is -2.62. The van der Waals surface area contributed by atoms with Gasteiger partial charge in [0.2, 0.25) is 0 Å². The van der Waals surface area contributed by atoms with E-state index in [0.717, 1.165) is 30.4 Å². The molecule has 1 aliphatic heterocycles. The summed E-state index contributed by atoms with van der Waals surface area (Å²) in [5.74, 6) is -0.393. The lowest BCUT2D eigenvalue weighted by atomic mass is 9.47. The van der Waals surface area contributed by atoms with Crippen molar-refractivity contribution in [2.24, 2.45) is 22.7 Å². The summed E-state index contributed by atoms with van der Waals surface area (Å²) in [6, 6.07) is 0. The second-order valence-electron chi connectivity index (χ2n) is 10.3. The van der Waals surface area contributed by atoms with Gasteiger partial charge in [0.25, 0.3) is 0 Å². The molecule has 6 heteroatoms. The first-order valence-electron chi connectivity index (χ1n) is 11.5. The van der Waals surface area contributed by atoms with Gasteiger partial charge in [0.05, 0.1) is 6.10 Å². The van der Waals surface area contributed by atoms with Crippen molar-refractivity contribution in [2.75, 3.05) is 6.61 Å². The molecule has 2 saturated carbocycles. The maximum atomic E-state index is 13.2. The lowest BCUT2D eigenvalue weighted by Gasteiger charge is -2.58. The van der Waals surface area contributed by atoms with Gasteiger partial charge in [-0.15, -0.1) is 0 Å². The molecule has 8 atom stereocenters. The summed E-state index contributed by atoms with van der Waals surface area (Å²) in [5, 5.41) is 21.4. The van der Waals surface area contributed by atoms with Gasteiger partial charge in [0.1, 0.15) is 12.7 Å². The van der Waals surface area contributed by atoms with Crippen LogP contribution in [0.3, 0.4) is 0 Å². The molecule has 31 heavy (non-hydrogen) atoms. The number of carbonyl (C=O) groups excluding carboxylic acids is 2. The van der Waals surface area contributed by atoms with Gasteiger partial charge in [0.15, 0.2) is 23.5 Å². The number of Topliss-reactive ketones (excluding diaryl/α,β-unsaturated/α-hetero) is 1. The Hall–Kier alpha value is -1.60. The molecule has 0 amide bonds. The van der Waals surface area contributed by atoms with Gasteiger partial charge < -0.3 is 19.7 Å². The van der Waals surface area contributed by atoms with Crippen LogP contribution in [0.1, 0.15) is 52.9 Å². The average molecular weight is 429 g/mol. The van der Waals surface area contributed by atoms with Crippen molar-refractivity contribution in [2.45, 2.75) is 77.0 Å². The van der Waals surface area contributed by atoms with E-state index < -0.39 is 41.5 Å². The van der Waals surface area contributed by atoms with E-state index in [2.05, 4.69) is 13.0 Å². The standard InChI is InChI=1S/C25H32O6/c1-4-5-21-30-20-11-17-16-7-6-14-10-15(27)8-9-23(14,2)22(16)18(28)12-24(17,3)25(20,31-21)19(29)13-26/h8-11,16,18,20-22,26,28H,4-7,12-13H2,1-3H3. The van der Waals surface area contributed by atoms with Crippen LogP contribution in [-0.4, -0.2) is 52.5 Å². The van der Waals surface area contributed by atoms with Crippen molar-refractivity contribution in [3.8, 4) is 0 Å². The topological polar surface area (TPSA) is 93.1 Å². The number of hydrogen-bond donors (Lipinski definition) is 2. The molecular weight excluding hydrogens is 396 g/mol. The summed E-state index contributed by atoms with van der Waals surface area (Å²) in [7, 11) is 0. The molecule has 3 fully saturated rings. The molecule has 0 aromatic rings. The van der Waals surface area contributed by atoms with E-state index in [9.17, 15) is 19.8 Å². The summed E-state index contributed by atoms with van der Waals surface area (Å²) >= 11 is 0. The zero-order chi connectivity index (χ0) is 22.2. The van der Waals surface area contributed by atoms with Crippen molar-refractivity contribution < 1.29 is 29.3 Å². The molecule has 0 radical (unpaired) electrons. The number of ketones is 2. The molecular formula is C25H32O6. The van der Waals surface area contributed by atoms with Gasteiger partial charge >= 0.3 is 0 Å². The molecule has 0 bridgehead atoms. The summed E-state index contributed by atoms with van der Waals surface area (Å²) in [5.41, 5.74) is -0.240. The molecule has 8 unspecified atom stereocenters. The number of ether oxygens (including phenoxy) is 2. The molecule has 6 nitrogen and oxygen atoms in total. The Labute approximate surface area is 183 Å². The van der Waals surface area contributed by atoms with Gasteiger partial charge in [-0.05, 0) is 43.8 Å². The highest BCUT2D eigenvalue weighted by Gasteiger charge is 2.72. The Bertz CT molecular complexity index is 917. The van der Waals surface area contributed by atoms with E-state index in [-0.39, 0.29) is 23.4 Å². The molecule has 1 heterocycles. The predicted octanol–water partition coefficient (Wildman–Crippen LogP) is 2.64. The third kappa shape index (κ3) is 2.59.